The minimum absolute atomic E-state index is 0.0641. The molecule has 1 fully saturated rings. The second kappa shape index (κ2) is 4.74. The molecule has 0 heterocycles. The van der Waals surface area contributed by atoms with E-state index in [0.29, 0.717) is 17.8 Å². The van der Waals surface area contributed by atoms with E-state index in [1.165, 1.54) is 7.11 Å². The molecule has 0 aromatic heterocycles. The molecule has 0 aromatic rings. The van der Waals surface area contributed by atoms with Gasteiger partial charge in [0.2, 0.25) is 0 Å². The van der Waals surface area contributed by atoms with Gasteiger partial charge in [0.15, 0.2) is 0 Å². The summed E-state index contributed by atoms with van der Waals surface area (Å²) in [7, 11) is 1.47. The summed E-state index contributed by atoms with van der Waals surface area (Å²) >= 11 is 0. The molecule has 0 bridgehead atoms. The molecule has 1 N–H and O–H groups in total. The van der Waals surface area contributed by atoms with Gasteiger partial charge in [-0.3, -0.25) is 4.79 Å². The molecular formula is C13H25NO2. The van der Waals surface area contributed by atoms with E-state index < -0.39 is 0 Å². The lowest BCUT2D eigenvalue weighted by Gasteiger charge is -2.34. The Kier molecular flexibility index (Phi) is 4.00. The predicted molar refractivity (Wildman–Crippen MR) is 65.2 cm³/mol. The number of rotatable bonds is 4. The van der Waals surface area contributed by atoms with Crippen LogP contribution in [-0.4, -0.2) is 25.2 Å². The zero-order valence-electron chi connectivity index (χ0n) is 11.2. The van der Waals surface area contributed by atoms with Crippen molar-refractivity contribution in [3.05, 3.63) is 0 Å². The number of hydrogen-bond donors (Lipinski definition) is 1. The maximum atomic E-state index is 11.5. The fourth-order valence-corrected chi connectivity index (χ4v) is 3.34. The van der Waals surface area contributed by atoms with Crippen molar-refractivity contribution >= 4 is 5.97 Å². The Bertz CT molecular complexity index is 263. The van der Waals surface area contributed by atoms with E-state index in [1.807, 2.05) is 0 Å². The average molecular weight is 227 g/mol. The van der Waals surface area contributed by atoms with Gasteiger partial charge in [0, 0.05) is 5.54 Å². The Morgan fingerprint density at radius 1 is 1.50 bits per heavy atom. The van der Waals surface area contributed by atoms with Crippen molar-refractivity contribution in [2.24, 2.45) is 11.3 Å². The van der Waals surface area contributed by atoms with Crippen molar-refractivity contribution in [3.63, 3.8) is 0 Å². The highest BCUT2D eigenvalue weighted by Crippen LogP contribution is 2.49. The number of carbonyl (C=O) groups excluding carboxylic acids is 1. The number of ether oxygens (including phenoxy) is 1. The molecule has 0 saturated heterocycles. The normalized spacial score (nSPS) is 32.7. The fraction of sp³-hybridized carbons (Fsp3) is 0.923. The van der Waals surface area contributed by atoms with Crippen LogP contribution in [0.1, 0.15) is 47.0 Å². The van der Waals surface area contributed by atoms with Crippen molar-refractivity contribution < 1.29 is 9.53 Å². The largest absolute Gasteiger partial charge is 0.469 e. The van der Waals surface area contributed by atoms with Crippen molar-refractivity contribution in [1.29, 1.82) is 0 Å². The molecule has 2 atom stereocenters. The first-order valence-corrected chi connectivity index (χ1v) is 6.17. The van der Waals surface area contributed by atoms with Crippen LogP contribution in [0.3, 0.4) is 0 Å². The molecule has 1 rings (SSSR count). The summed E-state index contributed by atoms with van der Waals surface area (Å²) in [6.45, 7) is 9.79. The minimum Gasteiger partial charge on any atom is -0.469 e. The Hall–Kier alpha value is -0.570. The Balaban J connectivity index is 2.84. The first-order valence-electron chi connectivity index (χ1n) is 6.17. The molecular weight excluding hydrogens is 202 g/mol. The minimum atomic E-state index is -0.106. The van der Waals surface area contributed by atoms with Crippen molar-refractivity contribution in [2.75, 3.05) is 13.7 Å². The highest BCUT2D eigenvalue weighted by atomic mass is 16.5. The van der Waals surface area contributed by atoms with Crippen LogP contribution in [-0.2, 0) is 9.53 Å². The number of nitrogens with one attached hydrogen (secondary N) is 1. The summed E-state index contributed by atoms with van der Waals surface area (Å²) in [6, 6.07) is 0. The van der Waals surface area contributed by atoms with Crippen LogP contribution in [0.4, 0.5) is 0 Å². The molecule has 0 amide bonds. The SMILES string of the molecule is CCNC1(CC(=O)OC)CC(C)(C)CC1C. The summed E-state index contributed by atoms with van der Waals surface area (Å²) in [5.41, 5.74) is 0.251. The molecule has 2 unspecified atom stereocenters. The van der Waals surface area contributed by atoms with E-state index in [-0.39, 0.29) is 11.5 Å². The third-order valence-corrected chi connectivity index (χ3v) is 3.81. The van der Waals surface area contributed by atoms with Gasteiger partial charge < -0.3 is 10.1 Å². The predicted octanol–water partition coefficient (Wildman–Crippen LogP) is 2.35. The van der Waals surface area contributed by atoms with Gasteiger partial charge in [-0.05, 0) is 30.7 Å². The second-order valence-corrected chi connectivity index (χ2v) is 5.89. The molecule has 3 nitrogen and oxygen atoms in total. The van der Waals surface area contributed by atoms with Crippen molar-refractivity contribution in [2.45, 2.75) is 52.5 Å². The zero-order valence-corrected chi connectivity index (χ0v) is 11.2. The van der Waals surface area contributed by atoms with Crippen LogP contribution >= 0.6 is 0 Å². The highest BCUT2D eigenvalue weighted by molar-refractivity contribution is 5.71. The third kappa shape index (κ3) is 2.76. The quantitative estimate of drug-likeness (QED) is 0.749. The van der Waals surface area contributed by atoms with E-state index in [9.17, 15) is 4.79 Å². The Morgan fingerprint density at radius 3 is 2.50 bits per heavy atom. The van der Waals surface area contributed by atoms with Gasteiger partial charge in [-0.25, -0.2) is 0 Å². The van der Waals surface area contributed by atoms with Crippen LogP contribution in [0.5, 0.6) is 0 Å². The highest BCUT2D eigenvalue weighted by Gasteiger charge is 2.49. The molecule has 1 aliphatic carbocycles. The van der Waals surface area contributed by atoms with E-state index >= 15 is 0 Å². The fourth-order valence-electron chi connectivity index (χ4n) is 3.34. The summed E-state index contributed by atoms with van der Waals surface area (Å²) in [4.78, 5) is 11.5. The van der Waals surface area contributed by atoms with Gasteiger partial charge >= 0.3 is 5.97 Å². The van der Waals surface area contributed by atoms with E-state index in [2.05, 4.69) is 33.0 Å². The van der Waals surface area contributed by atoms with Crippen LogP contribution in [0, 0.1) is 11.3 Å². The maximum Gasteiger partial charge on any atom is 0.307 e. The monoisotopic (exact) mass is 227 g/mol. The van der Waals surface area contributed by atoms with Gasteiger partial charge in [-0.2, -0.15) is 0 Å². The van der Waals surface area contributed by atoms with Crippen LogP contribution in [0.2, 0.25) is 0 Å². The van der Waals surface area contributed by atoms with Gasteiger partial charge in [0.1, 0.15) is 0 Å². The molecule has 94 valence electrons. The molecule has 0 radical (unpaired) electrons. The Morgan fingerprint density at radius 2 is 2.12 bits per heavy atom. The topological polar surface area (TPSA) is 38.3 Å². The molecule has 1 saturated carbocycles. The number of hydrogen-bond acceptors (Lipinski definition) is 3. The third-order valence-electron chi connectivity index (χ3n) is 3.81. The number of esters is 1. The second-order valence-electron chi connectivity index (χ2n) is 5.89. The van der Waals surface area contributed by atoms with E-state index in [0.717, 1.165) is 19.4 Å². The standard InChI is InChI=1S/C13H25NO2/c1-6-14-13(8-11(15)16-5)9-12(3,4)7-10(13)2/h10,14H,6-9H2,1-5H3. The smallest absolute Gasteiger partial charge is 0.307 e. The molecule has 0 aliphatic heterocycles. The van der Waals surface area contributed by atoms with Gasteiger partial charge in [0.25, 0.3) is 0 Å². The lowest BCUT2D eigenvalue weighted by atomic mass is 9.83. The molecule has 3 heteroatoms. The van der Waals surface area contributed by atoms with Gasteiger partial charge in [0.05, 0.1) is 13.5 Å². The molecule has 16 heavy (non-hydrogen) atoms. The lowest BCUT2D eigenvalue weighted by Crippen LogP contribution is -2.49. The summed E-state index contributed by atoms with van der Waals surface area (Å²) in [5.74, 6) is 0.409. The molecule has 0 aromatic carbocycles. The van der Waals surface area contributed by atoms with Crippen molar-refractivity contribution in [3.8, 4) is 0 Å². The summed E-state index contributed by atoms with van der Waals surface area (Å²) in [6.07, 6.45) is 2.70. The first kappa shape index (κ1) is 13.5. The lowest BCUT2D eigenvalue weighted by molar-refractivity contribution is -0.142. The van der Waals surface area contributed by atoms with E-state index in [4.69, 9.17) is 4.74 Å². The first-order chi connectivity index (χ1) is 7.35. The van der Waals surface area contributed by atoms with Crippen LogP contribution in [0.15, 0.2) is 0 Å². The van der Waals surface area contributed by atoms with Crippen LogP contribution in [0.25, 0.3) is 0 Å². The Labute approximate surface area is 98.9 Å². The molecule has 0 spiro atoms. The van der Waals surface area contributed by atoms with E-state index in [1.54, 1.807) is 0 Å². The average Bonchev–Trinajstić information content (AvgIpc) is 2.36. The van der Waals surface area contributed by atoms with Crippen LogP contribution < -0.4 is 5.32 Å². The van der Waals surface area contributed by atoms with Gasteiger partial charge in [-0.1, -0.05) is 27.7 Å². The van der Waals surface area contributed by atoms with Crippen molar-refractivity contribution in [1.82, 2.24) is 5.32 Å². The summed E-state index contributed by atoms with van der Waals surface area (Å²) < 4.78 is 4.82. The number of carbonyl (C=O) groups is 1. The zero-order chi connectivity index (χ0) is 12.4. The summed E-state index contributed by atoms with van der Waals surface area (Å²) in [5, 5.41) is 3.53. The molecule has 1 aliphatic rings. The number of methoxy groups -OCH3 is 1. The maximum absolute atomic E-state index is 11.5. The van der Waals surface area contributed by atoms with Gasteiger partial charge in [-0.15, -0.1) is 0 Å².